The lowest BCUT2D eigenvalue weighted by Crippen LogP contribution is -2.26. The van der Waals surface area contributed by atoms with E-state index in [0.29, 0.717) is 5.82 Å². The van der Waals surface area contributed by atoms with Gasteiger partial charge in [-0.2, -0.15) is 0 Å². The van der Waals surface area contributed by atoms with Gasteiger partial charge in [-0.15, -0.1) is 0 Å². The molecule has 1 spiro atoms. The zero-order chi connectivity index (χ0) is 36.8. The van der Waals surface area contributed by atoms with Crippen LogP contribution >= 0.6 is 0 Å². The molecule has 0 aliphatic heterocycles. The standard InChI is InChI=1S/C53H32N2O/c1-3-15-33(16-4-1)46-32-47(34-17-5-2-6-18-34)55-52(54-46)36-20-13-19-35(31-36)37-24-14-25-40-38-21-7-10-26-43(38)53(50(37)40)44-27-11-8-23-42(44)49-45(53)30-29-41-39-22-9-12-28-48(39)56-51(41)49/h1-32H. The number of aromatic nitrogens is 2. The maximum absolute atomic E-state index is 6.78. The largest absolute Gasteiger partial charge is 0.455 e. The smallest absolute Gasteiger partial charge is 0.160 e. The molecule has 0 saturated heterocycles. The highest BCUT2D eigenvalue weighted by atomic mass is 16.3. The van der Waals surface area contributed by atoms with Crippen molar-refractivity contribution in [2.24, 2.45) is 0 Å². The molecular formula is C53H32N2O. The molecule has 2 aliphatic rings. The zero-order valence-electron chi connectivity index (χ0n) is 30.3. The van der Waals surface area contributed by atoms with Crippen molar-refractivity contribution in [3.05, 3.63) is 216 Å². The van der Waals surface area contributed by atoms with Crippen LogP contribution in [-0.2, 0) is 5.41 Å². The number of benzene rings is 8. The lowest BCUT2D eigenvalue weighted by Gasteiger charge is -2.32. The minimum absolute atomic E-state index is 0.554. The molecule has 10 aromatic rings. The Morgan fingerprint density at radius 3 is 1.71 bits per heavy atom. The Kier molecular flexibility index (Phi) is 6.55. The van der Waals surface area contributed by atoms with Crippen molar-refractivity contribution < 1.29 is 4.42 Å². The van der Waals surface area contributed by atoms with Crippen LogP contribution in [0.4, 0.5) is 0 Å². The number of hydrogen-bond donors (Lipinski definition) is 0. The maximum Gasteiger partial charge on any atom is 0.160 e. The van der Waals surface area contributed by atoms with Crippen LogP contribution in [0.3, 0.4) is 0 Å². The topological polar surface area (TPSA) is 38.9 Å². The normalized spacial score (nSPS) is 14.9. The Balaban J connectivity index is 1.11. The fraction of sp³-hybridized carbons (Fsp3) is 0.0189. The molecule has 3 nitrogen and oxygen atoms in total. The van der Waals surface area contributed by atoms with E-state index < -0.39 is 5.41 Å². The molecule has 0 radical (unpaired) electrons. The molecule has 0 fully saturated rings. The van der Waals surface area contributed by atoms with Gasteiger partial charge in [0.2, 0.25) is 0 Å². The minimum atomic E-state index is -0.554. The van der Waals surface area contributed by atoms with Crippen molar-refractivity contribution in [2.45, 2.75) is 5.41 Å². The van der Waals surface area contributed by atoms with E-state index in [2.05, 4.69) is 182 Å². The van der Waals surface area contributed by atoms with Crippen molar-refractivity contribution >= 4 is 21.9 Å². The molecule has 2 aromatic heterocycles. The Morgan fingerprint density at radius 1 is 0.375 bits per heavy atom. The Morgan fingerprint density at radius 2 is 0.946 bits per heavy atom. The average Bonchev–Trinajstić information content (AvgIpc) is 3.91. The van der Waals surface area contributed by atoms with Gasteiger partial charge in [-0.25, -0.2) is 9.97 Å². The number of rotatable bonds is 4. The monoisotopic (exact) mass is 712 g/mol. The molecule has 3 heteroatoms. The van der Waals surface area contributed by atoms with E-state index in [1.54, 1.807) is 0 Å². The summed E-state index contributed by atoms with van der Waals surface area (Å²) in [4.78, 5) is 10.4. The third-order valence-electron chi connectivity index (χ3n) is 11.9. The second-order valence-corrected chi connectivity index (χ2v) is 14.8. The van der Waals surface area contributed by atoms with Gasteiger partial charge in [-0.05, 0) is 68.3 Å². The van der Waals surface area contributed by atoms with Gasteiger partial charge in [0.25, 0.3) is 0 Å². The molecule has 1 atom stereocenters. The Hall–Kier alpha value is -7.36. The zero-order valence-corrected chi connectivity index (χ0v) is 30.3. The molecule has 2 heterocycles. The molecule has 0 N–H and O–H groups in total. The summed E-state index contributed by atoms with van der Waals surface area (Å²) in [6, 6.07) is 69.4. The molecule has 12 rings (SSSR count). The molecular weight excluding hydrogens is 681 g/mol. The Labute approximate surface area is 324 Å². The van der Waals surface area contributed by atoms with Gasteiger partial charge in [0.15, 0.2) is 5.82 Å². The molecule has 1 unspecified atom stereocenters. The SMILES string of the molecule is c1ccc(-c2cc(-c3ccccc3)nc(-c3cccc(-c4cccc5c4C4(c6ccccc6-5)c5ccccc5-c5c4ccc4c5oc5ccccc54)c3)n2)cc1. The van der Waals surface area contributed by atoms with E-state index in [0.717, 1.165) is 55.6 Å². The summed E-state index contributed by atoms with van der Waals surface area (Å²) in [5.74, 6) is 0.696. The fourth-order valence-electron chi connectivity index (χ4n) is 9.62. The van der Waals surface area contributed by atoms with Crippen LogP contribution in [0.2, 0.25) is 0 Å². The number of furan rings is 1. The number of fused-ring (bicyclic) bond motifs is 14. The van der Waals surface area contributed by atoms with E-state index in [1.165, 1.54) is 50.1 Å². The van der Waals surface area contributed by atoms with Crippen LogP contribution in [-0.4, -0.2) is 9.97 Å². The summed E-state index contributed by atoms with van der Waals surface area (Å²) in [5.41, 5.74) is 18.5. The van der Waals surface area contributed by atoms with E-state index in [1.807, 2.05) is 12.1 Å². The average molecular weight is 713 g/mol. The summed E-state index contributed by atoms with van der Waals surface area (Å²) in [5, 5.41) is 2.29. The predicted octanol–water partition coefficient (Wildman–Crippen LogP) is 13.4. The van der Waals surface area contributed by atoms with Crippen LogP contribution in [0.1, 0.15) is 22.3 Å². The lowest BCUT2D eigenvalue weighted by atomic mass is 9.68. The third kappa shape index (κ3) is 4.28. The molecule has 2 aliphatic carbocycles. The first-order valence-electron chi connectivity index (χ1n) is 19.2. The summed E-state index contributed by atoms with van der Waals surface area (Å²) in [6.45, 7) is 0. The van der Waals surface area contributed by atoms with Gasteiger partial charge in [0, 0.05) is 33.0 Å². The van der Waals surface area contributed by atoms with Crippen molar-refractivity contribution in [3.63, 3.8) is 0 Å². The van der Waals surface area contributed by atoms with Crippen LogP contribution in [0.5, 0.6) is 0 Å². The predicted molar refractivity (Wildman–Crippen MR) is 227 cm³/mol. The molecule has 0 amide bonds. The molecule has 0 saturated carbocycles. The molecule has 8 aromatic carbocycles. The summed E-state index contributed by atoms with van der Waals surface area (Å²) < 4.78 is 6.78. The van der Waals surface area contributed by atoms with Crippen molar-refractivity contribution in [1.29, 1.82) is 0 Å². The summed E-state index contributed by atoms with van der Waals surface area (Å²) >= 11 is 0. The Bertz CT molecular complexity index is 3140. The third-order valence-corrected chi connectivity index (χ3v) is 11.9. The van der Waals surface area contributed by atoms with Crippen molar-refractivity contribution in [1.82, 2.24) is 9.97 Å². The maximum atomic E-state index is 6.78. The van der Waals surface area contributed by atoms with Gasteiger partial charge >= 0.3 is 0 Å². The van der Waals surface area contributed by atoms with Crippen LogP contribution < -0.4 is 0 Å². The van der Waals surface area contributed by atoms with Crippen LogP contribution in [0.25, 0.3) is 89.2 Å². The lowest BCUT2D eigenvalue weighted by molar-refractivity contribution is 0.669. The van der Waals surface area contributed by atoms with Crippen LogP contribution in [0.15, 0.2) is 199 Å². The molecule has 0 bridgehead atoms. The first-order valence-corrected chi connectivity index (χ1v) is 19.2. The summed E-state index contributed by atoms with van der Waals surface area (Å²) in [7, 11) is 0. The van der Waals surface area contributed by atoms with E-state index in [4.69, 9.17) is 14.4 Å². The molecule has 56 heavy (non-hydrogen) atoms. The fourth-order valence-corrected chi connectivity index (χ4v) is 9.62. The van der Waals surface area contributed by atoms with Gasteiger partial charge in [-0.1, -0.05) is 176 Å². The highest BCUT2D eigenvalue weighted by molar-refractivity contribution is 6.13. The van der Waals surface area contributed by atoms with Crippen molar-refractivity contribution in [2.75, 3.05) is 0 Å². The molecule has 260 valence electrons. The highest BCUT2D eigenvalue weighted by Gasteiger charge is 2.53. The van der Waals surface area contributed by atoms with E-state index in [9.17, 15) is 0 Å². The minimum Gasteiger partial charge on any atom is -0.455 e. The van der Waals surface area contributed by atoms with Crippen LogP contribution in [0, 0.1) is 0 Å². The van der Waals surface area contributed by atoms with E-state index in [-0.39, 0.29) is 0 Å². The number of nitrogens with zero attached hydrogens (tertiary/aromatic N) is 2. The number of para-hydroxylation sites is 1. The first kappa shape index (κ1) is 31.0. The second kappa shape index (κ2) is 11.8. The first-order chi connectivity index (χ1) is 27.8. The number of hydrogen-bond acceptors (Lipinski definition) is 3. The van der Waals surface area contributed by atoms with E-state index >= 15 is 0 Å². The van der Waals surface area contributed by atoms with Gasteiger partial charge in [0.1, 0.15) is 11.2 Å². The van der Waals surface area contributed by atoms with Gasteiger partial charge in [0.05, 0.1) is 16.8 Å². The summed E-state index contributed by atoms with van der Waals surface area (Å²) in [6.07, 6.45) is 0. The van der Waals surface area contributed by atoms with Crippen molar-refractivity contribution in [3.8, 4) is 67.3 Å². The highest BCUT2D eigenvalue weighted by Crippen LogP contribution is 2.65. The van der Waals surface area contributed by atoms with Gasteiger partial charge in [-0.3, -0.25) is 0 Å². The second-order valence-electron chi connectivity index (χ2n) is 14.8. The van der Waals surface area contributed by atoms with Gasteiger partial charge < -0.3 is 4.42 Å². The quantitative estimate of drug-likeness (QED) is 0.182.